The molecule has 0 aliphatic carbocycles. The minimum atomic E-state index is 0.214. The number of benzene rings is 3. The second-order valence-corrected chi connectivity index (χ2v) is 8.75. The van der Waals surface area contributed by atoms with E-state index in [0.717, 1.165) is 31.7 Å². The maximum atomic E-state index is 6.64. The minimum Gasteiger partial charge on any atom is -0.490 e. The molecule has 0 spiro atoms. The molecule has 166 valence electrons. The van der Waals surface area contributed by atoms with Gasteiger partial charge in [-0.15, -0.1) is 0 Å². The molecule has 3 aromatic rings. The lowest BCUT2D eigenvalue weighted by molar-refractivity contribution is 0.128. The zero-order valence-corrected chi connectivity index (χ0v) is 19.4. The lowest BCUT2D eigenvalue weighted by Crippen LogP contribution is -2.35. The van der Waals surface area contributed by atoms with Crippen molar-refractivity contribution in [2.24, 2.45) is 5.92 Å². The van der Waals surface area contributed by atoms with Gasteiger partial charge in [0.05, 0.1) is 6.10 Å². The van der Waals surface area contributed by atoms with E-state index in [4.69, 9.17) is 4.74 Å². The molecule has 0 aromatic heterocycles. The number of nitrogens with one attached hydrogen (secondary N) is 1. The topological polar surface area (TPSA) is 21.3 Å². The number of rotatable bonds is 8. The van der Waals surface area contributed by atoms with Crippen LogP contribution in [0.1, 0.15) is 49.8 Å². The van der Waals surface area contributed by atoms with Gasteiger partial charge in [-0.2, -0.15) is 0 Å². The fraction of sp³-hybridized carbons (Fsp3) is 0.333. The summed E-state index contributed by atoms with van der Waals surface area (Å²) in [6.45, 7) is 6.69. The molecule has 0 bridgehead atoms. The lowest BCUT2D eigenvalue weighted by atomic mass is 9.88. The summed E-state index contributed by atoms with van der Waals surface area (Å²) in [5.41, 5.74) is 6.59. The minimum absolute atomic E-state index is 0.214. The summed E-state index contributed by atoms with van der Waals surface area (Å²) in [6.07, 6.45) is 4.45. The summed E-state index contributed by atoms with van der Waals surface area (Å²) in [6, 6.07) is 30.2. The molecular weight excluding hydrogens is 390 g/mol. The normalized spacial score (nSPS) is 16.3. The van der Waals surface area contributed by atoms with Crippen LogP contribution < -0.4 is 10.1 Å². The molecule has 1 saturated heterocycles. The van der Waals surface area contributed by atoms with Crippen LogP contribution in [0.5, 0.6) is 5.75 Å². The molecule has 32 heavy (non-hydrogen) atoms. The Bertz CT molecular complexity index is 1000. The first-order valence-corrected chi connectivity index (χ1v) is 12.0. The molecule has 1 unspecified atom stereocenters. The summed E-state index contributed by atoms with van der Waals surface area (Å²) < 4.78 is 6.64. The number of ether oxygens (including phenoxy) is 1. The second-order valence-electron chi connectivity index (χ2n) is 8.75. The van der Waals surface area contributed by atoms with Gasteiger partial charge in [-0.1, -0.05) is 85.8 Å². The summed E-state index contributed by atoms with van der Waals surface area (Å²) in [4.78, 5) is 0. The third kappa shape index (κ3) is 5.49. The zero-order valence-electron chi connectivity index (χ0n) is 19.4. The van der Waals surface area contributed by atoms with E-state index in [-0.39, 0.29) is 6.10 Å². The van der Waals surface area contributed by atoms with E-state index in [1.165, 1.54) is 40.7 Å². The maximum Gasteiger partial charge on any atom is 0.127 e. The summed E-state index contributed by atoms with van der Waals surface area (Å²) in [5.74, 6) is 1.62. The van der Waals surface area contributed by atoms with Crippen molar-refractivity contribution < 1.29 is 4.74 Å². The Morgan fingerprint density at radius 2 is 1.47 bits per heavy atom. The van der Waals surface area contributed by atoms with Gasteiger partial charge < -0.3 is 10.1 Å². The van der Waals surface area contributed by atoms with Crippen molar-refractivity contribution in [3.8, 4) is 5.75 Å². The van der Waals surface area contributed by atoms with E-state index >= 15 is 0 Å². The van der Waals surface area contributed by atoms with Gasteiger partial charge in [-0.05, 0) is 80.0 Å². The largest absolute Gasteiger partial charge is 0.490 e. The first kappa shape index (κ1) is 22.4. The van der Waals surface area contributed by atoms with Crippen molar-refractivity contribution in [3.05, 3.63) is 102 Å². The van der Waals surface area contributed by atoms with E-state index in [1.54, 1.807) is 0 Å². The van der Waals surface area contributed by atoms with E-state index in [9.17, 15) is 0 Å². The van der Waals surface area contributed by atoms with Crippen molar-refractivity contribution in [2.75, 3.05) is 13.1 Å². The van der Waals surface area contributed by atoms with Gasteiger partial charge in [-0.3, -0.25) is 0 Å². The van der Waals surface area contributed by atoms with E-state index in [1.807, 2.05) is 0 Å². The van der Waals surface area contributed by atoms with E-state index in [0.29, 0.717) is 5.92 Å². The van der Waals surface area contributed by atoms with Gasteiger partial charge in [-0.25, -0.2) is 0 Å². The van der Waals surface area contributed by atoms with Crippen LogP contribution in [0.3, 0.4) is 0 Å². The Morgan fingerprint density at radius 3 is 2.16 bits per heavy atom. The predicted octanol–water partition coefficient (Wildman–Crippen LogP) is 7.02. The maximum absolute atomic E-state index is 6.64. The highest BCUT2D eigenvalue weighted by Gasteiger charge is 2.23. The SMILES string of the molecule is CC/C(=C(/Cc1ccccc1)c1ccccc1)c1ccccc1OC(C)C1CCNCC1. The third-order valence-electron chi connectivity index (χ3n) is 6.64. The molecule has 1 heterocycles. The van der Waals surface area contributed by atoms with Crippen LogP contribution in [0.15, 0.2) is 84.9 Å². The van der Waals surface area contributed by atoms with Crippen LogP contribution >= 0.6 is 0 Å². The highest BCUT2D eigenvalue weighted by atomic mass is 16.5. The number of para-hydroxylation sites is 1. The lowest BCUT2D eigenvalue weighted by Gasteiger charge is -2.29. The third-order valence-corrected chi connectivity index (χ3v) is 6.64. The first-order valence-electron chi connectivity index (χ1n) is 12.0. The molecule has 2 nitrogen and oxygen atoms in total. The highest BCUT2D eigenvalue weighted by Crippen LogP contribution is 2.37. The molecular formula is C30H35NO. The molecule has 1 N–H and O–H groups in total. The van der Waals surface area contributed by atoms with E-state index < -0.39 is 0 Å². The summed E-state index contributed by atoms with van der Waals surface area (Å²) in [7, 11) is 0. The average molecular weight is 426 g/mol. The quantitative estimate of drug-likeness (QED) is 0.392. The van der Waals surface area contributed by atoms with Crippen LogP contribution in [0.25, 0.3) is 11.1 Å². The Balaban J connectivity index is 1.73. The van der Waals surface area contributed by atoms with Gasteiger partial charge in [0.1, 0.15) is 5.75 Å². The van der Waals surface area contributed by atoms with Crippen molar-refractivity contribution in [1.29, 1.82) is 0 Å². The molecule has 2 heteroatoms. The smallest absolute Gasteiger partial charge is 0.127 e. The predicted molar refractivity (Wildman–Crippen MR) is 136 cm³/mol. The number of hydrogen-bond donors (Lipinski definition) is 1. The van der Waals surface area contributed by atoms with Crippen LogP contribution in [0.2, 0.25) is 0 Å². The van der Waals surface area contributed by atoms with Gasteiger partial charge in [0.25, 0.3) is 0 Å². The number of hydrogen-bond acceptors (Lipinski definition) is 2. The number of allylic oxidation sites excluding steroid dienone is 2. The molecule has 4 rings (SSSR count). The van der Waals surface area contributed by atoms with Crippen molar-refractivity contribution in [3.63, 3.8) is 0 Å². The Labute approximate surface area is 193 Å². The van der Waals surface area contributed by atoms with Crippen LogP contribution in [-0.4, -0.2) is 19.2 Å². The van der Waals surface area contributed by atoms with Gasteiger partial charge in [0.15, 0.2) is 0 Å². The zero-order chi connectivity index (χ0) is 22.2. The fourth-order valence-corrected chi connectivity index (χ4v) is 4.82. The van der Waals surface area contributed by atoms with Crippen molar-refractivity contribution in [2.45, 2.75) is 45.6 Å². The van der Waals surface area contributed by atoms with Crippen molar-refractivity contribution >= 4 is 11.1 Å². The monoisotopic (exact) mass is 425 g/mol. The second kappa shape index (κ2) is 11.2. The highest BCUT2D eigenvalue weighted by molar-refractivity contribution is 5.93. The first-order chi connectivity index (χ1) is 15.8. The molecule has 1 fully saturated rings. The standard InChI is InChI=1S/C30H35NO/c1-3-27(29(26-14-8-5-9-15-26)22-24-12-6-4-7-13-24)28-16-10-11-17-30(28)32-23(2)25-18-20-31-21-19-25/h4-17,23,25,31H,3,18-22H2,1-2H3/b29-27+. The van der Waals surface area contributed by atoms with Gasteiger partial charge in [0, 0.05) is 5.56 Å². The molecule has 0 saturated carbocycles. The van der Waals surface area contributed by atoms with Crippen LogP contribution in [0, 0.1) is 5.92 Å². The van der Waals surface area contributed by atoms with E-state index in [2.05, 4.69) is 104 Å². The molecule has 0 amide bonds. The van der Waals surface area contributed by atoms with Gasteiger partial charge >= 0.3 is 0 Å². The van der Waals surface area contributed by atoms with Gasteiger partial charge in [0.2, 0.25) is 0 Å². The Kier molecular flexibility index (Phi) is 7.79. The molecule has 0 radical (unpaired) electrons. The van der Waals surface area contributed by atoms with Crippen LogP contribution in [0.4, 0.5) is 0 Å². The molecule has 3 aromatic carbocycles. The molecule has 1 aliphatic heterocycles. The van der Waals surface area contributed by atoms with Crippen molar-refractivity contribution in [1.82, 2.24) is 5.32 Å². The summed E-state index contributed by atoms with van der Waals surface area (Å²) >= 11 is 0. The molecule has 1 atom stereocenters. The molecule has 1 aliphatic rings. The number of piperidine rings is 1. The summed E-state index contributed by atoms with van der Waals surface area (Å²) in [5, 5.41) is 3.47. The average Bonchev–Trinajstić information content (AvgIpc) is 2.86. The fourth-order valence-electron chi connectivity index (χ4n) is 4.82. The Morgan fingerprint density at radius 1 is 0.844 bits per heavy atom. The Hall–Kier alpha value is -2.84. The van der Waals surface area contributed by atoms with Crippen LogP contribution in [-0.2, 0) is 6.42 Å².